The number of piperazine rings is 1. The minimum Gasteiger partial charge on any atom is -0.316 e. The average Bonchev–Trinajstić information content (AvgIpc) is 2.21. The van der Waals surface area contributed by atoms with Gasteiger partial charge in [-0.3, -0.25) is 0 Å². The first-order chi connectivity index (χ1) is 6.45. The molecule has 0 aliphatic carbocycles. The van der Waals surface area contributed by atoms with Crippen LogP contribution in [0.5, 0.6) is 0 Å². The fourth-order valence-corrected chi connectivity index (χ4v) is 2.34. The van der Waals surface area contributed by atoms with Crippen molar-refractivity contribution < 1.29 is 0 Å². The molecule has 3 nitrogen and oxygen atoms in total. The molecule has 0 aromatic heterocycles. The van der Waals surface area contributed by atoms with Crippen molar-refractivity contribution in [2.45, 2.75) is 12.8 Å². The molecule has 2 aliphatic rings. The van der Waals surface area contributed by atoms with E-state index in [4.69, 9.17) is 0 Å². The first-order valence-corrected chi connectivity index (χ1v) is 5.59. The zero-order valence-electron chi connectivity index (χ0n) is 8.39. The van der Waals surface area contributed by atoms with E-state index < -0.39 is 0 Å². The third kappa shape index (κ3) is 2.93. The molecule has 1 atom stereocenters. The number of nitrogens with zero attached hydrogens (tertiary/aromatic N) is 1. The number of nitrogens with one attached hydrogen (secondary N) is 2. The van der Waals surface area contributed by atoms with Gasteiger partial charge in [0.2, 0.25) is 0 Å². The van der Waals surface area contributed by atoms with Gasteiger partial charge in [0.1, 0.15) is 0 Å². The third-order valence-corrected chi connectivity index (χ3v) is 3.12. The van der Waals surface area contributed by atoms with Crippen LogP contribution in [0.3, 0.4) is 0 Å². The Morgan fingerprint density at radius 2 is 1.92 bits per heavy atom. The number of hydrogen-bond acceptors (Lipinski definition) is 3. The molecule has 0 aromatic rings. The van der Waals surface area contributed by atoms with Gasteiger partial charge in [-0.15, -0.1) is 0 Å². The van der Waals surface area contributed by atoms with Gasteiger partial charge in [0.05, 0.1) is 0 Å². The summed E-state index contributed by atoms with van der Waals surface area (Å²) in [6.45, 7) is 8.64. The van der Waals surface area contributed by atoms with Gasteiger partial charge in [-0.25, -0.2) is 0 Å². The van der Waals surface area contributed by atoms with Crippen molar-refractivity contribution in [3.63, 3.8) is 0 Å². The van der Waals surface area contributed by atoms with Gasteiger partial charge < -0.3 is 15.5 Å². The quantitative estimate of drug-likeness (QED) is 0.625. The Bertz CT molecular complexity index is 121. The van der Waals surface area contributed by atoms with Gasteiger partial charge in [-0.1, -0.05) is 0 Å². The Labute approximate surface area is 80.9 Å². The highest BCUT2D eigenvalue weighted by atomic mass is 15.2. The zero-order chi connectivity index (χ0) is 8.93. The maximum Gasteiger partial charge on any atom is 0.0107 e. The van der Waals surface area contributed by atoms with E-state index in [0.29, 0.717) is 0 Å². The van der Waals surface area contributed by atoms with Crippen LogP contribution in [0.15, 0.2) is 0 Å². The lowest BCUT2D eigenvalue weighted by Crippen LogP contribution is -2.47. The second kappa shape index (κ2) is 4.94. The smallest absolute Gasteiger partial charge is 0.0107 e. The third-order valence-electron chi connectivity index (χ3n) is 3.12. The second-order valence-electron chi connectivity index (χ2n) is 4.26. The molecule has 76 valence electrons. The van der Waals surface area contributed by atoms with Crippen LogP contribution in [0.2, 0.25) is 0 Å². The Morgan fingerprint density at radius 1 is 1.08 bits per heavy atom. The van der Waals surface area contributed by atoms with Crippen LogP contribution in [0.1, 0.15) is 12.8 Å². The van der Waals surface area contributed by atoms with E-state index in [0.717, 1.165) is 5.92 Å². The summed E-state index contributed by atoms with van der Waals surface area (Å²) in [5.41, 5.74) is 0. The average molecular weight is 183 g/mol. The lowest BCUT2D eigenvalue weighted by atomic mass is 9.99. The van der Waals surface area contributed by atoms with E-state index >= 15 is 0 Å². The van der Waals surface area contributed by atoms with Gasteiger partial charge in [-0.05, 0) is 31.8 Å². The molecule has 0 saturated carbocycles. The highest BCUT2D eigenvalue weighted by molar-refractivity contribution is 4.75. The molecular weight excluding hydrogens is 162 g/mol. The molecule has 0 spiro atoms. The summed E-state index contributed by atoms with van der Waals surface area (Å²) < 4.78 is 0. The van der Waals surface area contributed by atoms with Gasteiger partial charge in [0, 0.05) is 32.7 Å². The topological polar surface area (TPSA) is 27.3 Å². The lowest BCUT2D eigenvalue weighted by molar-refractivity contribution is 0.188. The minimum absolute atomic E-state index is 0.909. The summed E-state index contributed by atoms with van der Waals surface area (Å²) in [6, 6.07) is 0. The number of piperidine rings is 1. The molecule has 0 aromatic carbocycles. The first-order valence-electron chi connectivity index (χ1n) is 5.59. The van der Waals surface area contributed by atoms with E-state index in [1.807, 2.05) is 0 Å². The van der Waals surface area contributed by atoms with Crippen LogP contribution in [0.4, 0.5) is 0 Å². The Balaban J connectivity index is 1.69. The minimum atomic E-state index is 0.909. The molecule has 0 radical (unpaired) electrons. The van der Waals surface area contributed by atoms with E-state index in [2.05, 4.69) is 15.5 Å². The van der Waals surface area contributed by atoms with Crippen LogP contribution >= 0.6 is 0 Å². The summed E-state index contributed by atoms with van der Waals surface area (Å²) >= 11 is 0. The maximum absolute atomic E-state index is 3.48. The van der Waals surface area contributed by atoms with E-state index in [-0.39, 0.29) is 0 Å². The van der Waals surface area contributed by atoms with Crippen molar-refractivity contribution in [3.8, 4) is 0 Å². The van der Waals surface area contributed by atoms with Crippen LogP contribution < -0.4 is 10.6 Å². The van der Waals surface area contributed by atoms with Crippen molar-refractivity contribution in [2.24, 2.45) is 5.92 Å². The Morgan fingerprint density at radius 3 is 2.62 bits per heavy atom. The number of rotatable bonds is 2. The summed E-state index contributed by atoms with van der Waals surface area (Å²) in [5.74, 6) is 0.909. The molecule has 2 saturated heterocycles. The fourth-order valence-electron chi connectivity index (χ4n) is 2.34. The van der Waals surface area contributed by atoms with Crippen molar-refractivity contribution in [2.75, 3.05) is 45.8 Å². The van der Waals surface area contributed by atoms with Gasteiger partial charge in [0.25, 0.3) is 0 Å². The standard InChI is InChI=1S/C10H21N3/c1-2-10(8-12-3-1)9-13-6-4-11-5-7-13/h10-12H,1-9H2/t10-/m1/s1. The highest BCUT2D eigenvalue weighted by Gasteiger charge is 2.17. The molecule has 2 N–H and O–H groups in total. The van der Waals surface area contributed by atoms with E-state index in [1.165, 1.54) is 58.7 Å². The van der Waals surface area contributed by atoms with Gasteiger partial charge >= 0.3 is 0 Å². The highest BCUT2D eigenvalue weighted by Crippen LogP contribution is 2.11. The molecule has 0 amide bonds. The second-order valence-corrected chi connectivity index (χ2v) is 4.26. The zero-order valence-corrected chi connectivity index (χ0v) is 8.39. The van der Waals surface area contributed by atoms with E-state index in [9.17, 15) is 0 Å². The molecular formula is C10H21N3. The molecule has 0 bridgehead atoms. The van der Waals surface area contributed by atoms with Crippen LogP contribution in [0, 0.1) is 5.92 Å². The molecule has 13 heavy (non-hydrogen) atoms. The van der Waals surface area contributed by atoms with Gasteiger partial charge in [0.15, 0.2) is 0 Å². The van der Waals surface area contributed by atoms with Crippen molar-refractivity contribution in [1.82, 2.24) is 15.5 Å². The molecule has 2 fully saturated rings. The van der Waals surface area contributed by atoms with Crippen LogP contribution in [-0.4, -0.2) is 50.7 Å². The van der Waals surface area contributed by atoms with Gasteiger partial charge in [-0.2, -0.15) is 0 Å². The molecule has 2 aliphatic heterocycles. The molecule has 2 heterocycles. The summed E-state index contributed by atoms with van der Waals surface area (Å²) in [7, 11) is 0. The Hall–Kier alpha value is -0.120. The summed E-state index contributed by atoms with van der Waals surface area (Å²) in [5, 5.41) is 6.88. The maximum atomic E-state index is 3.48. The molecule has 3 heteroatoms. The largest absolute Gasteiger partial charge is 0.316 e. The van der Waals surface area contributed by atoms with Crippen molar-refractivity contribution >= 4 is 0 Å². The number of hydrogen-bond donors (Lipinski definition) is 2. The fraction of sp³-hybridized carbons (Fsp3) is 1.00. The predicted octanol–water partition coefficient (Wildman–Crippen LogP) is -0.109. The molecule has 2 rings (SSSR count). The SMILES string of the molecule is C1CNC[C@H](CN2CCNCC2)C1. The summed E-state index contributed by atoms with van der Waals surface area (Å²) in [4.78, 5) is 2.61. The monoisotopic (exact) mass is 183 g/mol. The van der Waals surface area contributed by atoms with Crippen LogP contribution in [0.25, 0.3) is 0 Å². The van der Waals surface area contributed by atoms with E-state index in [1.54, 1.807) is 0 Å². The lowest BCUT2D eigenvalue weighted by Gasteiger charge is -2.32. The normalized spacial score (nSPS) is 31.8. The van der Waals surface area contributed by atoms with Crippen molar-refractivity contribution in [1.29, 1.82) is 0 Å². The summed E-state index contributed by atoms with van der Waals surface area (Å²) in [6.07, 6.45) is 2.80. The van der Waals surface area contributed by atoms with Crippen LogP contribution in [-0.2, 0) is 0 Å². The predicted molar refractivity (Wildman–Crippen MR) is 54.9 cm³/mol. The first kappa shape index (κ1) is 9.44. The molecule has 0 unspecified atom stereocenters. The van der Waals surface area contributed by atoms with Crippen molar-refractivity contribution in [3.05, 3.63) is 0 Å². The Kier molecular flexibility index (Phi) is 3.58.